The zero-order valence-corrected chi connectivity index (χ0v) is 19.4. The van der Waals surface area contributed by atoms with E-state index in [0.29, 0.717) is 32.7 Å². The lowest BCUT2D eigenvalue weighted by atomic mass is 10.00. The quantitative estimate of drug-likeness (QED) is 0.350. The molecule has 0 saturated heterocycles. The number of rotatable bonds is 4. The third-order valence-corrected chi connectivity index (χ3v) is 5.96. The number of benzene rings is 3. The van der Waals surface area contributed by atoms with E-state index < -0.39 is 11.2 Å². The van der Waals surface area contributed by atoms with Crippen LogP contribution in [0.5, 0.6) is 5.75 Å². The number of H-pyrrole nitrogens is 1. The van der Waals surface area contributed by atoms with Gasteiger partial charge in [0.1, 0.15) is 11.4 Å². The summed E-state index contributed by atoms with van der Waals surface area (Å²) in [6, 6.07) is 22.9. The third-order valence-electron chi connectivity index (χ3n) is 5.47. The number of aromatic amines is 1. The van der Waals surface area contributed by atoms with Crippen molar-refractivity contribution in [3.8, 4) is 33.8 Å². The van der Waals surface area contributed by atoms with E-state index in [0.717, 1.165) is 15.7 Å². The molecule has 0 aliphatic carbocycles. The number of halogens is 2. The van der Waals surface area contributed by atoms with E-state index in [-0.39, 0.29) is 11.0 Å². The van der Waals surface area contributed by atoms with Crippen molar-refractivity contribution in [1.82, 2.24) is 14.5 Å². The van der Waals surface area contributed by atoms with Crippen molar-refractivity contribution in [3.05, 3.63) is 110 Å². The molecule has 0 radical (unpaired) electrons. The van der Waals surface area contributed by atoms with Crippen molar-refractivity contribution in [1.29, 1.82) is 0 Å². The summed E-state index contributed by atoms with van der Waals surface area (Å²) in [5, 5.41) is 1.26. The van der Waals surface area contributed by atoms with Gasteiger partial charge in [0.15, 0.2) is 0 Å². The van der Waals surface area contributed by atoms with Gasteiger partial charge in [-0.1, -0.05) is 41.4 Å². The van der Waals surface area contributed by atoms with Crippen molar-refractivity contribution in [2.24, 2.45) is 0 Å². The van der Waals surface area contributed by atoms with Gasteiger partial charge in [-0.05, 0) is 66.2 Å². The van der Waals surface area contributed by atoms with Crippen LogP contribution in [-0.4, -0.2) is 21.6 Å². The van der Waals surface area contributed by atoms with Crippen LogP contribution < -0.4 is 16.0 Å². The first-order valence-electron chi connectivity index (χ1n) is 10.3. The minimum Gasteiger partial charge on any atom is -0.497 e. The second-order valence-corrected chi connectivity index (χ2v) is 8.44. The zero-order valence-electron chi connectivity index (χ0n) is 17.9. The Morgan fingerprint density at radius 1 is 0.853 bits per heavy atom. The smallest absolute Gasteiger partial charge is 0.334 e. The second kappa shape index (κ2) is 8.82. The lowest BCUT2D eigenvalue weighted by Gasteiger charge is -2.13. The molecule has 0 amide bonds. The molecule has 0 saturated carbocycles. The van der Waals surface area contributed by atoms with Crippen LogP contribution in [0.3, 0.4) is 0 Å². The molecule has 0 fully saturated rings. The molecule has 5 rings (SSSR count). The number of nitrogens with one attached hydrogen (secondary N) is 1. The standard InChI is InChI=1S/C26H17Cl2N3O3/c1-34-20-11-7-16(8-12-20)22-14-21(15-5-9-17(27)10-6-15)23-24(29-22)30-26(33)31(25(23)32)19-4-2-3-18(28)13-19/h2-14H,1H3,(H,29,30,33). The molecular formula is C26H17Cl2N3O3. The number of pyridine rings is 1. The monoisotopic (exact) mass is 489 g/mol. The Bertz CT molecular complexity index is 1640. The summed E-state index contributed by atoms with van der Waals surface area (Å²) >= 11 is 12.2. The van der Waals surface area contributed by atoms with Gasteiger partial charge >= 0.3 is 5.69 Å². The molecule has 2 heterocycles. The van der Waals surface area contributed by atoms with Crippen LogP contribution in [0.4, 0.5) is 0 Å². The van der Waals surface area contributed by atoms with Crippen molar-refractivity contribution in [2.75, 3.05) is 7.11 Å². The summed E-state index contributed by atoms with van der Waals surface area (Å²) in [6.45, 7) is 0. The molecule has 5 aromatic rings. The fourth-order valence-electron chi connectivity index (χ4n) is 3.83. The first-order chi connectivity index (χ1) is 16.4. The second-order valence-electron chi connectivity index (χ2n) is 7.56. The molecule has 0 spiro atoms. The lowest BCUT2D eigenvalue weighted by molar-refractivity contribution is 0.415. The van der Waals surface area contributed by atoms with Gasteiger partial charge in [0.05, 0.1) is 23.9 Å². The van der Waals surface area contributed by atoms with Crippen molar-refractivity contribution < 1.29 is 4.74 Å². The van der Waals surface area contributed by atoms with E-state index in [2.05, 4.69) is 9.97 Å². The summed E-state index contributed by atoms with van der Waals surface area (Å²) in [5.74, 6) is 0.709. The number of hydrogen-bond donors (Lipinski definition) is 1. The van der Waals surface area contributed by atoms with E-state index >= 15 is 0 Å². The van der Waals surface area contributed by atoms with Gasteiger partial charge in [-0.25, -0.2) is 14.3 Å². The maximum absolute atomic E-state index is 13.7. The average molecular weight is 490 g/mol. The molecule has 168 valence electrons. The fourth-order valence-corrected chi connectivity index (χ4v) is 4.14. The summed E-state index contributed by atoms with van der Waals surface area (Å²) < 4.78 is 6.30. The molecule has 34 heavy (non-hydrogen) atoms. The van der Waals surface area contributed by atoms with Crippen LogP contribution >= 0.6 is 23.2 Å². The number of aromatic nitrogens is 3. The molecule has 0 unspecified atom stereocenters. The van der Waals surface area contributed by atoms with E-state index in [1.54, 1.807) is 43.5 Å². The number of methoxy groups -OCH3 is 1. The highest BCUT2D eigenvalue weighted by molar-refractivity contribution is 6.31. The highest BCUT2D eigenvalue weighted by atomic mass is 35.5. The highest BCUT2D eigenvalue weighted by Crippen LogP contribution is 2.31. The first kappa shape index (κ1) is 21.9. The summed E-state index contributed by atoms with van der Waals surface area (Å²) in [4.78, 5) is 34.0. The summed E-state index contributed by atoms with van der Waals surface area (Å²) in [6.07, 6.45) is 0. The number of fused-ring (bicyclic) bond motifs is 1. The Kier molecular flexibility index (Phi) is 5.69. The normalized spacial score (nSPS) is 11.0. The molecule has 0 aliphatic heterocycles. The minimum absolute atomic E-state index is 0.187. The van der Waals surface area contributed by atoms with Crippen LogP contribution in [0.25, 0.3) is 39.1 Å². The number of ether oxygens (including phenoxy) is 1. The molecule has 6 nitrogen and oxygen atoms in total. The molecule has 0 atom stereocenters. The summed E-state index contributed by atoms with van der Waals surface area (Å²) in [5.41, 5.74) is 2.21. The van der Waals surface area contributed by atoms with Gasteiger partial charge in [-0.2, -0.15) is 0 Å². The topological polar surface area (TPSA) is 77.0 Å². The Morgan fingerprint density at radius 3 is 2.24 bits per heavy atom. The molecule has 1 N–H and O–H groups in total. The highest BCUT2D eigenvalue weighted by Gasteiger charge is 2.18. The Balaban J connectivity index is 1.84. The van der Waals surface area contributed by atoms with E-state index in [1.165, 1.54) is 0 Å². The van der Waals surface area contributed by atoms with Crippen LogP contribution in [-0.2, 0) is 0 Å². The molecule has 2 aromatic heterocycles. The van der Waals surface area contributed by atoms with Crippen LogP contribution in [0, 0.1) is 0 Å². The van der Waals surface area contributed by atoms with E-state index in [1.807, 2.05) is 42.5 Å². The van der Waals surface area contributed by atoms with Crippen molar-refractivity contribution >= 4 is 34.2 Å². The van der Waals surface area contributed by atoms with Gasteiger partial charge in [0, 0.05) is 21.2 Å². The SMILES string of the molecule is COc1ccc(-c2cc(-c3ccc(Cl)cc3)c3c(=O)n(-c4cccc(Cl)c4)c(=O)[nH]c3n2)cc1. The largest absolute Gasteiger partial charge is 0.497 e. The maximum atomic E-state index is 13.7. The predicted octanol–water partition coefficient (Wildman–Crippen LogP) is 5.72. The van der Waals surface area contributed by atoms with Crippen molar-refractivity contribution in [3.63, 3.8) is 0 Å². The maximum Gasteiger partial charge on any atom is 0.334 e. The molecular weight excluding hydrogens is 473 g/mol. The van der Waals surface area contributed by atoms with Gasteiger partial charge < -0.3 is 4.74 Å². The molecule has 3 aromatic carbocycles. The fraction of sp³-hybridized carbons (Fsp3) is 0.0385. The van der Waals surface area contributed by atoms with Gasteiger partial charge in [0.2, 0.25) is 0 Å². The average Bonchev–Trinajstić information content (AvgIpc) is 2.84. The Hall–Kier alpha value is -3.87. The molecule has 0 aliphatic rings. The van der Waals surface area contributed by atoms with E-state index in [4.69, 9.17) is 27.9 Å². The van der Waals surface area contributed by atoms with Gasteiger partial charge in [-0.3, -0.25) is 9.78 Å². The minimum atomic E-state index is -0.610. The lowest BCUT2D eigenvalue weighted by Crippen LogP contribution is -2.34. The number of nitrogens with zero attached hydrogens (tertiary/aromatic N) is 2. The van der Waals surface area contributed by atoms with Crippen molar-refractivity contribution in [2.45, 2.75) is 0 Å². The van der Waals surface area contributed by atoms with Crippen LogP contribution in [0.2, 0.25) is 10.0 Å². The first-order valence-corrected chi connectivity index (χ1v) is 11.1. The third kappa shape index (κ3) is 3.98. The Morgan fingerprint density at radius 2 is 1.56 bits per heavy atom. The number of hydrogen-bond acceptors (Lipinski definition) is 4. The zero-order chi connectivity index (χ0) is 23.8. The summed E-state index contributed by atoms with van der Waals surface area (Å²) in [7, 11) is 1.59. The Labute approximate surface area is 204 Å². The van der Waals surface area contributed by atoms with Crippen LogP contribution in [0.15, 0.2) is 88.5 Å². The van der Waals surface area contributed by atoms with E-state index in [9.17, 15) is 9.59 Å². The molecule has 0 bridgehead atoms. The predicted molar refractivity (Wildman–Crippen MR) is 135 cm³/mol. The van der Waals surface area contributed by atoms with Gasteiger partial charge in [0.25, 0.3) is 5.56 Å². The van der Waals surface area contributed by atoms with Gasteiger partial charge in [-0.15, -0.1) is 0 Å². The molecule has 8 heteroatoms. The van der Waals surface area contributed by atoms with Crippen LogP contribution in [0.1, 0.15) is 0 Å².